The minimum absolute atomic E-state index is 0.0806. The first-order valence-corrected chi connectivity index (χ1v) is 6.74. The molecule has 2 aliphatic heterocycles. The Kier molecular flexibility index (Phi) is 3.73. The summed E-state index contributed by atoms with van der Waals surface area (Å²) in [5.74, 6) is 0. The predicted octanol–water partition coefficient (Wildman–Crippen LogP) is 2.24. The van der Waals surface area contributed by atoms with Gasteiger partial charge >= 0.3 is 6.09 Å². The topological polar surface area (TPSA) is 41.6 Å². The van der Waals surface area contributed by atoms with E-state index in [0.717, 1.165) is 0 Å². The van der Waals surface area contributed by atoms with Crippen molar-refractivity contribution in [1.82, 2.24) is 10.2 Å². The van der Waals surface area contributed by atoms with Crippen LogP contribution in [0.3, 0.4) is 0 Å². The van der Waals surface area contributed by atoms with Gasteiger partial charge in [-0.2, -0.15) is 0 Å². The lowest BCUT2D eigenvalue weighted by molar-refractivity contribution is -0.0626. The molecule has 2 heterocycles. The number of piperidine rings is 1. The second kappa shape index (κ2) is 4.89. The van der Waals surface area contributed by atoms with Crippen LogP contribution in [0.25, 0.3) is 0 Å². The number of ether oxygens (including phenoxy) is 1. The van der Waals surface area contributed by atoms with Gasteiger partial charge < -0.3 is 15.0 Å². The molecule has 0 aromatic carbocycles. The average molecular weight is 276 g/mol. The number of hydrogen-bond donors (Lipinski definition) is 1. The van der Waals surface area contributed by atoms with Gasteiger partial charge in [-0.3, -0.25) is 0 Å². The van der Waals surface area contributed by atoms with Crippen molar-refractivity contribution in [3.05, 3.63) is 0 Å². The summed E-state index contributed by atoms with van der Waals surface area (Å²) < 4.78 is 32.1. The molecule has 0 aliphatic carbocycles. The Labute approximate surface area is 112 Å². The minimum Gasteiger partial charge on any atom is -0.444 e. The molecule has 4 nitrogen and oxygen atoms in total. The van der Waals surface area contributed by atoms with E-state index in [1.165, 1.54) is 4.90 Å². The number of fused-ring (bicyclic) bond motifs is 1. The molecule has 1 N–H and O–H groups in total. The van der Waals surface area contributed by atoms with E-state index < -0.39 is 23.5 Å². The van der Waals surface area contributed by atoms with Crippen molar-refractivity contribution in [2.75, 3.05) is 19.6 Å². The smallest absolute Gasteiger partial charge is 0.410 e. The molecule has 0 radical (unpaired) electrons. The molecule has 2 unspecified atom stereocenters. The molecule has 0 aromatic heterocycles. The number of nitrogens with one attached hydrogen (secondary N) is 1. The summed E-state index contributed by atoms with van der Waals surface area (Å²) in [5.41, 5.74) is -1.70. The second-order valence-electron chi connectivity index (χ2n) is 6.48. The lowest BCUT2D eigenvalue weighted by atomic mass is 9.76. The van der Waals surface area contributed by atoms with Crippen LogP contribution in [0, 0.1) is 5.41 Å². The van der Waals surface area contributed by atoms with Gasteiger partial charge in [-0.1, -0.05) is 0 Å². The zero-order chi connectivity index (χ0) is 14.3. The normalized spacial score (nSPS) is 31.5. The van der Waals surface area contributed by atoms with Crippen LogP contribution < -0.4 is 5.32 Å². The maximum atomic E-state index is 13.4. The summed E-state index contributed by atoms with van der Waals surface area (Å²) in [6.07, 6.45) is -1.94. The Hall–Kier alpha value is -0.910. The monoisotopic (exact) mass is 276 g/mol. The van der Waals surface area contributed by atoms with Crippen molar-refractivity contribution in [3.63, 3.8) is 0 Å². The number of carbonyl (C=O) groups is 1. The Morgan fingerprint density at radius 3 is 2.74 bits per heavy atom. The van der Waals surface area contributed by atoms with E-state index in [1.807, 2.05) is 0 Å². The van der Waals surface area contributed by atoms with Crippen LogP contribution in [0.1, 0.15) is 33.6 Å². The number of likely N-dealkylation sites (tertiary alicyclic amines) is 1. The van der Waals surface area contributed by atoms with Gasteiger partial charge in [0.15, 0.2) is 0 Å². The second-order valence-corrected chi connectivity index (χ2v) is 6.48. The predicted molar refractivity (Wildman–Crippen MR) is 67.3 cm³/mol. The summed E-state index contributed by atoms with van der Waals surface area (Å²) in [6.45, 7) is 6.47. The Morgan fingerprint density at radius 1 is 1.47 bits per heavy atom. The van der Waals surface area contributed by atoms with Crippen LogP contribution >= 0.6 is 0 Å². The van der Waals surface area contributed by atoms with Crippen LogP contribution in [0.5, 0.6) is 0 Å². The summed E-state index contributed by atoms with van der Waals surface area (Å²) in [7, 11) is 0. The summed E-state index contributed by atoms with van der Waals surface area (Å²) in [5, 5.41) is 3.13. The van der Waals surface area contributed by atoms with Crippen LogP contribution in [-0.4, -0.2) is 48.7 Å². The van der Waals surface area contributed by atoms with Crippen molar-refractivity contribution in [2.45, 2.75) is 51.7 Å². The molecule has 0 bridgehead atoms. The molecule has 6 heteroatoms. The minimum atomic E-state index is -2.42. The molecular formula is C13H22F2N2O2. The number of carbonyl (C=O) groups excluding carboxylic acids is 1. The highest BCUT2D eigenvalue weighted by Gasteiger charge is 2.54. The number of amides is 1. The molecular weight excluding hydrogens is 254 g/mol. The Bertz CT molecular complexity index is 357. The molecule has 2 fully saturated rings. The van der Waals surface area contributed by atoms with Crippen LogP contribution in [-0.2, 0) is 4.74 Å². The standard InChI is InChI=1S/C13H22F2N2O2/c1-12(2,3)19-11(18)17-7-4-9-13(8-17,10(14)15)5-6-16-9/h9-10,16H,4-8H2,1-3H3. The highest BCUT2D eigenvalue weighted by atomic mass is 19.3. The van der Waals surface area contributed by atoms with E-state index in [0.29, 0.717) is 25.9 Å². The van der Waals surface area contributed by atoms with Crippen molar-refractivity contribution in [1.29, 1.82) is 0 Å². The molecule has 2 saturated heterocycles. The zero-order valence-corrected chi connectivity index (χ0v) is 11.7. The van der Waals surface area contributed by atoms with Crippen molar-refractivity contribution in [3.8, 4) is 0 Å². The van der Waals surface area contributed by atoms with Crippen LogP contribution in [0.4, 0.5) is 13.6 Å². The molecule has 0 aromatic rings. The van der Waals surface area contributed by atoms with Gasteiger partial charge in [0, 0.05) is 19.1 Å². The fourth-order valence-electron chi connectivity index (χ4n) is 2.97. The highest BCUT2D eigenvalue weighted by molar-refractivity contribution is 5.68. The first kappa shape index (κ1) is 14.5. The number of hydrogen-bond acceptors (Lipinski definition) is 3. The van der Waals surface area contributed by atoms with E-state index in [4.69, 9.17) is 4.74 Å². The summed E-state index contributed by atoms with van der Waals surface area (Å²) in [4.78, 5) is 13.4. The first-order valence-electron chi connectivity index (χ1n) is 6.74. The molecule has 2 rings (SSSR count). The lowest BCUT2D eigenvalue weighted by Crippen LogP contribution is -2.57. The molecule has 1 amide bonds. The summed E-state index contributed by atoms with van der Waals surface area (Å²) in [6, 6.07) is -0.189. The fraction of sp³-hybridized carbons (Fsp3) is 0.923. The Balaban J connectivity index is 2.08. The molecule has 19 heavy (non-hydrogen) atoms. The van der Waals surface area contributed by atoms with E-state index in [2.05, 4.69) is 5.32 Å². The van der Waals surface area contributed by atoms with Gasteiger partial charge in [-0.15, -0.1) is 0 Å². The van der Waals surface area contributed by atoms with Gasteiger partial charge in [-0.25, -0.2) is 13.6 Å². The molecule has 0 saturated carbocycles. The van der Waals surface area contributed by atoms with Crippen molar-refractivity contribution < 1.29 is 18.3 Å². The third kappa shape index (κ3) is 2.83. The zero-order valence-electron chi connectivity index (χ0n) is 11.7. The SMILES string of the molecule is CC(C)(C)OC(=O)N1CCC2NCCC2(C(F)F)C1. The van der Waals surface area contributed by atoms with E-state index in [-0.39, 0.29) is 12.6 Å². The maximum absolute atomic E-state index is 13.4. The number of alkyl halides is 2. The first-order chi connectivity index (χ1) is 8.74. The molecule has 2 aliphatic rings. The van der Waals surface area contributed by atoms with Crippen molar-refractivity contribution >= 4 is 6.09 Å². The average Bonchev–Trinajstić information content (AvgIpc) is 2.70. The number of halogens is 2. The lowest BCUT2D eigenvalue weighted by Gasteiger charge is -2.43. The Morgan fingerprint density at radius 2 is 2.16 bits per heavy atom. The third-order valence-corrected chi connectivity index (χ3v) is 3.93. The van der Waals surface area contributed by atoms with E-state index in [9.17, 15) is 13.6 Å². The fourth-order valence-corrected chi connectivity index (χ4v) is 2.97. The van der Waals surface area contributed by atoms with Gasteiger partial charge in [0.2, 0.25) is 6.43 Å². The largest absolute Gasteiger partial charge is 0.444 e. The van der Waals surface area contributed by atoms with Gasteiger partial charge in [0.1, 0.15) is 5.60 Å². The maximum Gasteiger partial charge on any atom is 0.410 e. The van der Waals surface area contributed by atoms with Gasteiger partial charge in [0.05, 0.1) is 5.41 Å². The highest BCUT2D eigenvalue weighted by Crippen LogP contribution is 2.42. The van der Waals surface area contributed by atoms with Gasteiger partial charge in [0.25, 0.3) is 0 Å². The number of rotatable bonds is 1. The van der Waals surface area contributed by atoms with Crippen LogP contribution in [0.2, 0.25) is 0 Å². The number of nitrogens with zero attached hydrogens (tertiary/aromatic N) is 1. The van der Waals surface area contributed by atoms with E-state index in [1.54, 1.807) is 20.8 Å². The van der Waals surface area contributed by atoms with Crippen LogP contribution in [0.15, 0.2) is 0 Å². The molecule has 2 atom stereocenters. The molecule has 0 spiro atoms. The molecule has 110 valence electrons. The van der Waals surface area contributed by atoms with Crippen molar-refractivity contribution in [2.24, 2.45) is 5.41 Å². The van der Waals surface area contributed by atoms with E-state index >= 15 is 0 Å². The quantitative estimate of drug-likeness (QED) is 0.798. The third-order valence-electron chi connectivity index (χ3n) is 3.93. The van der Waals surface area contributed by atoms with Gasteiger partial charge in [-0.05, 0) is 40.2 Å². The summed E-state index contributed by atoms with van der Waals surface area (Å²) >= 11 is 0.